The first-order valence-corrected chi connectivity index (χ1v) is 9.34. The van der Waals surface area contributed by atoms with E-state index in [0.717, 1.165) is 17.5 Å². The topological polar surface area (TPSA) is 57.6 Å². The van der Waals surface area contributed by atoms with Crippen molar-refractivity contribution in [1.82, 2.24) is 4.90 Å². The van der Waals surface area contributed by atoms with Gasteiger partial charge in [0.25, 0.3) is 0 Å². The lowest BCUT2D eigenvalue weighted by atomic mass is 9.73. The maximum atomic E-state index is 13.4. The molecular formula is C22H22FNO3. The summed E-state index contributed by atoms with van der Waals surface area (Å²) in [5, 5.41) is 9.87. The zero-order chi connectivity index (χ0) is 19.0. The molecule has 0 radical (unpaired) electrons. The van der Waals surface area contributed by atoms with E-state index in [1.807, 2.05) is 36.4 Å². The van der Waals surface area contributed by atoms with E-state index in [2.05, 4.69) is 0 Å². The zero-order valence-corrected chi connectivity index (χ0v) is 15.0. The number of hydrogen-bond acceptors (Lipinski definition) is 2. The van der Waals surface area contributed by atoms with Crippen LogP contribution in [-0.2, 0) is 15.0 Å². The van der Waals surface area contributed by atoms with Crippen LogP contribution in [0.4, 0.5) is 4.39 Å². The smallest absolute Gasteiger partial charge is 0.314 e. The van der Waals surface area contributed by atoms with Gasteiger partial charge in [-0.25, -0.2) is 4.39 Å². The SMILES string of the molecule is O=C(C1CC1c1cccc(F)c1)N1CCC(C(=O)O)(c2ccccc2)CC1. The number of nitrogens with zero attached hydrogens (tertiary/aromatic N) is 1. The van der Waals surface area contributed by atoms with Crippen molar-refractivity contribution in [3.63, 3.8) is 0 Å². The van der Waals surface area contributed by atoms with Gasteiger partial charge in [0.05, 0.1) is 5.41 Å². The summed E-state index contributed by atoms with van der Waals surface area (Å²) in [6.07, 6.45) is 1.56. The predicted molar refractivity (Wildman–Crippen MR) is 98.8 cm³/mol. The quantitative estimate of drug-likeness (QED) is 0.899. The summed E-state index contributed by atoms with van der Waals surface area (Å²) >= 11 is 0. The molecule has 140 valence electrons. The number of rotatable bonds is 4. The molecule has 0 bridgehead atoms. The number of amides is 1. The number of halogens is 1. The second kappa shape index (κ2) is 6.80. The Morgan fingerprint density at radius 1 is 1.04 bits per heavy atom. The van der Waals surface area contributed by atoms with E-state index in [1.165, 1.54) is 12.1 Å². The van der Waals surface area contributed by atoms with Crippen molar-refractivity contribution in [1.29, 1.82) is 0 Å². The minimum Gasteiger partial charge on any atom is -0.481 e. The van der Waals surface area contributed by atoms with Crippen LogP contribution in [-0.4, -0.2) is 35.0 Å². The monoisotopic (exact) mass is 367 g/mol. The number of piperidine rings is 1. The molecule has 1 aliphatic carbocycles. The number of carboxylic acids is 1. The fraction of sp³-hybridized carbons (Fsp3) is 0.364. The van der Waals surface area contributed by atoms with Crippen LogP contribution in [0.2, 0.25) is 0 Å². The summed E-state index contributed by atoms with van der Waals surface area (Å²) < 4.78 is 13.4. The standard InChI is InChI=1S/C22H22FNO3/c23-17-8-4-5-15(13-17)18-14-19(18)20(25)24-11-9-22(10-12-24,21(26)27)16-6-2-1-3-7-16/h1-8,13,18-19H,9-12,14H2,(H,26,27). The lowest BCUT2D eigenvalue weighted by Gasteiger charge is -2.39. The van der Waals surface area contributed by atoms with Crippen LogP contribution in [0.15, 0.2) is 54.6 Å². The lowest BCUT2D eigenvalue weighted by molar-refractivity contribution is -0.148. The minimum absolute atomic E-state index is 0.0660. The Balaban J connectivity index is 1.43. The van der Waals surface area contributed by atoms with E-state index in [9.17, 15) is 19.1 Å². The van der Waals surface area contributed by atoms with Crippen LogP contribution in [0.3, 0.4) is 0 Å². The molecule has 2 aromatic carbocycles. The van der Waals surface area contributed by atoms with Crippen molar-refractivity contribution in [2.24, 2.45) is 5.92 Å². The Bertz CT molecular complexity index is 859. The number of hydrogen-bond donors (Lipinski definition) is 1. The molecule has 2 aromatic rings. The molecule has 2 unspecified atom stereocenters. The molecule has 2 atom stereocenters. The van der Waals surface area contributed by atoms with Gasteiger partial charge in [0.1, 0.15) is 5.82 Å². The third kappa shape index (κ3) is 3.22. The molecule has 1 aliphatic heterocycles. The van der Waals surface area contributed by atoms with Crippen LogP contribution in [0.1, 0.15) is 36.3 Å². The number of benzene rings is 2. The first kappa shape index (κ1) is 17.7. The summed E-state index contributed by atoms with van der Waals surface area (Å²) in [6.45, 7) is 0.874. The third-order valence-electron chi connectivity index (χ3n) is 6.05. The average molecular weight is 367 g/mol. The number of likely N-dealkylation sites (tertiary alicyclic amines) is 1. The highest BCUT2D eigenvalue weighted by molar-refractivity contribution is 5.85. The van der Waals surface area contributed by atoms with Gasteiger partial charge in [-0.3, -0.25) is 9.59 Å². The van der Waals surface area contributed by atoms with Gasteiger partial charge >= 0.3 is 5.97 Å². The Morgan fingerprint density at radius 3 is 2.37 bits per heavy atom. The summed E-state index contributed by atoms with van der Waals surface area (Å²) in [6, 6.07) is 15.7. The van der Waals surface area contributed by atoms with E-state index < -0.39 is 11.4 Å². The molecular weight excluding hydrogens is 345 g/mol. The zero-order valence-electron chi connectivity index (χ0n) is 15.0. The summed E-state index contributed by atoms with van der Waals surface area (Å²) in [5.74, 6) is -1.08. The Morgan fingerprint density at radius 2 is 1.74 bits per heavy atom. The average Bonchev–Trinajstić information content (AvgIpc) is 3.49. The van der Waals surface area contributed by atoms with Crippen molar-refractivity contribution < 1.29 is 19.1 Å². The second-order valence-corrected chi connectivity index (χ2v) is 7.58. The van der Waals surface area contributed by atoms with Gasteiger partial charge < -0.3 is 10.0 Å². The van der Waals surface area contributed by atoms with Crippen molar-refractivity contribution in [2.75, 3.05) is 13.1 Å². The maximum Gasteiger partial charge on any atom is 0.314 e. The number of carbonyl (C=O) groups is 2. The van der Waals surface area contributed by atoms with E-state index in [0.29, 0.717) is 25.9 Å². The molecule has 2 aliphatic rings. The highest BCUT2D eigenvalue weighted by Crippen LogP contribution is 2.49. The first-order valence-electron chi connectivity index (χ1n) is 9.34. The van der Waals surface area contributed by atoms with Gasteiger partial charge in [-0.2, -0.15) is 0 Å². The molecule has 1 heterocycles. The molecule has 4 nitrogen and oxygen atoms in total. The molecule has 1 amide bonds. The normalized spacial score (nSPS) is 23.7. The van der Waals surface area contributed by atoms with Crippen molar-refractivity contribution in [2.45, 2.75) is 30.6 Å². The summed E-state index contributed by atoms with van der Waals surface area (Å²) in [4.78, 5) is 26.6. The Labute approximate surface area is 157 Å². The van der Waals surface area contributed by atoms with Gasteiger partial charge in [0.15, 0.2) is 0 Å². The molecule has 1 N–H and O–H groups in total. The van der Waals surface area contributed by atoms with Gasteiger partial charge in [-0.05, 0) is 48.4 Å². The third-order valence-corrected chi connectivity index (χ3v) is 6.05. The molecule has 2 fully saturated rings. The molecule has 1 saturated carbocycles. The Kier molecular flexibility index (Phi) is 4.46. The van der Waals surface area contributed by atoms with Crippen LogP contribution in [0, 0.1) is 11.7 Å². The summed E-state index contributed by atoms with van der Waals surface area (Å²) in [5.41, 5.74) is 0.743. The highest BCUT2D eigenvalue weighted by atomic mass is 19.1. The minimum atomic E-state index is -0.927. The van der Waals surface area contributed by atoms with E-state index in [4.69, 9.17) is 0 Å². The van der Waals surface area contributed by atoms with Gasteiger partial charge in [-0.1, -0.05) is 42.5 Å². The van der Waals surface area contributed by atoms with E-state index in [1.54, 1.807) is 11.0 Å². The highest BCUT2D eigenvalue weighted by Gasteiger charge is 2.49. The maximum absolute atomic E-state index is 13.4. The van der Waals surface area contributed by atoms with Gasteiger partial charge in [-0.15, -0.1) is 0 Å². The largest absolute Gasteiger partial charge is 0.481 e. The van der Waals surface area contributed by atoms with Crippen LogP contribution < -0.4 is 0 Å². The van der Waals surface area contributed by atoms with E-state index >= 15 is 0 Å². The molecule has 4 rings (SSSR count). The van der Waals surface area contributed by atoms with Gasteiger partial charge in [0, 0.05) is 19.0 Å². The lowest BCUT2D eigenvalue weighted by Crippen LogP contribution is -2.49. The Hall–Kier alpha value is -2.69. The van der Waals surface area contributed by atoms with Crippen LogP contribution in [0.5, 0.6) is 0 Å². The number of aliphatic carboxylic acids is 1. The fourth-order valence-corrected chi connectivity index (χ4v) is 4.30. The van der Waals surface area contributed by atoms with Crippen LogP contribution in [0.25, 0.3) is 0 Å². The van der Waals surface area contributed by atoms with Crippen molar-refractivity contribution in [3.8, 4) is 0 Å². The number of carboxylic acid groups (broad SMARTS) is 1. The van der Waals surface area contributed by atoms with Crippen molar-refractivity contribution in [3.05, 3.63) is 71.5 Å². The summed E-state index contributed by atoms with van der Waals surface area (Å²) in [7, 11) is 0. The molecule has 0 aromatic heterocycles. The predicted octanol–water partition coefficient (Wildman–Crippen LogP) is 3.57. The molecule has 1 saturated heterocycles. The van der Waals surface area contributed by atoms with Crippen LogP contribution >= 0.6 is 0 Å². The first-order chi connectivity index (χ1) is 13.0. The molecule has 27 heavy (non-hydrogen) atoms. The fourth-order valence-electron chi connectivity index (χ4n) is 4.30. The molecule has 5 heteroatoms. The van der Waals surface area contributed by atoms with Gasteiger partial charge in [0.2, 0.25) is 5.91 Å². The van der Waals surface area contributed by atoms with E-state index in [-0.39, 0.29) is 23.6 Å². The number of carbonyl (C=O) groups excluding carboxylic acids is 1. The second-order valence-electron chi connectivity index (χ2n) is 7.58. The van der Waals surface area contributed by atoms with Crippen molar-refractivity contribution >= 4 is 11.9 Å². The molecule has 0 spiro atoms.